The number of rotatable bonds is 8. The molecule has 0 aliphatic carbocycles. The third-order valence-corrected chi connectivity index (χ3v) is 21.6. The van der Waals surface area contributed by atoms with Crippen LogP contribution in [0.2, 0.25) is 0 Å². The molecular weight excluding hydrogens is 1210 g/mol. The summed E-state index contributed by atoms with van der Waals surface area (Å²) < 4.78 is 2.49. The average Bonchev–Trinajstić information content (AvgIpc) is 0.878. The third-order valence-electron chi connectivity index (χ3n) is 21.6. The molecule has 15 aromatic carbocycles. The van der Waals surface area contributed by atoms with Gasteiger partial charge in [0, 0.05) is 50.3 Å². The molecule has 0 spiro atoms. The van der Waals surface area contributed by atoms with Crippen LogP contribution in [-0.2, 0) is 16.2 Å². The number of benzene rings is 15. The number of anilines is 6. The lowest BCUT2D eigenvalue weighted by atomic mass is 9.33. The van der Waals surface area contributed by atoms with Gasteiger partial charge in [-0.1, -0.05) is 305 Å². The van der Waals surface area contributed by atoms with Gasteiger partial charge in [0.1, 0.15) is 0 Å². The van der Waals surface area contributed by atoms with Gasteiger partial charge >= 0.3 is 0 Å². The summed E-state index contributed by atoms with van der Waals surface area (Å²) in [7, 11) is 0. The first-order chi connectivity index (χ1) is 48.5. The number of hydrogen-bond acceptors (Lipinski definition) is 2. The molecule has 100 heavy (non-hydrogen) atoms. The highest BCUT2D eigenvalue weighted by Gasteiger charge is 2.46. The summed E-state index contributed by atoms with van der Waals surface area (Å²) in [6.45, 7) is 21.0. The zero-order chi connectivity index (χ0) is 67.9. The predicted octanol–water partition coefficient (Wildman–Crippen LogP) is 24.6. The van der Waals surface area contributed by atoms with Gasteiger partial charge in [0.2, 0.25) is 0 Å². The molecular formula is C96H78BN3. The fourth-order valence-electron chi connectivity index (χ4n) is 16.6. The zero-order valence-electron chi connectivity index (χ0n) is 58.4. The number of fused-ring (bicyclic) bond motifs is 10. The summed E-state index contributed by atoms with van der Waals surface area (Å²) >= 11 is 0. The van der Waals surface area contributed by atoms with Gasteiger partial charge in [0.25, 0.3) is 6.71 Å². The molecule has 3 nitrogen and oxygen atoms in total. The normalized spacial score (nSPS) is 13.0. The topological polar surface area (TPSA) is 11.4 Å². The highest BCUT2D eigenvalue weighted by atomic mass is 15.2. The molecule has 0 saturated heterocycles. The van der Waals surface area contributed by atoms with Crippen LogP contribution < -0.4 is 26.2 Å². The molecule has 18 rings (SSSR count). The molecule has 0 saturated carbocycles. The monoisotopic (exact) mass is 1280 g/mol. The predicted molar refractivity (Wildman–Crippen MR) is 431 cm³/mol. The number of nitrogens with zero attached hydrogens (tertiary/aromatic N) is 3. The van der Waals surface area contributed by atoms with Crippen molar-refractivity contribution in [1.29, 1.82) is 0 Å². The van der Waals surface area contributed by atoms with Crippen molar-refractivity contribution in [2.75, 3.05) is 9.80 Å². The van der Waals surface area contributed by atoms with Crippen molar-refractivity contribution in [1.82, 2.24) is 4.57 Å². The quantitative estimate of drug-likeness (QED) is 0.111. The van der Waals surface area contributed by atoms with Crippen molar-refractivity contribution in [2.45, 2.75) is 78.6 Å². The maximum atomic E-state index is 2.69. The number of aromatic nitrogens is 1. The Labute approximate surface area is 588 Å². The summed E-state index contributed by atoms with van der Waals surface area (Å²) in [5, 5.41) is 9.85. The Hall–Kier alpha value is -11.5. The van der Waals surface area contributed by atoms with Gasteiger partial charge < -0.3 is 14.4 Å². The minimum Gasteiger partial charge on any atom is -0.311 e. The van der Waals surface area contributed by atoms with Crippen molar-refractivity contribution < 1.29 is 0 Å². The molecule has 0 fully saturated rings. The Balaban J connectivity index is 0.956. The molecule has 480 valence electrons. The van der Waals surface area contributed by atoms with Gasteiger partial charge in [-0.3, -0.25) is 0 Å². The smallest absolute Gasteiger partial charge is 0.252 e. The Morgan fingerprint density at radius 2 is 0.620 bits per heavy atom. The van der Waals surface area contributed by atoms with E-state index in [0.29, 0.717) is 0 Å². The van der Waals surface area contributed by atoms with Crippen LogP contribution in [0.1, 0.15) is 79.0 Å². The second-order valence-electron chi connectivity index (χ2n) is 30.8. The van der Waals surface area contributed by atoms with E-state index < -0.39 is 0 Å². The summed E-state index contributed by atoms with van der Waals surface area (Å²) in [6.07, 6.45) is 0. The molecule has 0 amide bonds. The van der Waals surface area contributed by atoms with Crippen molar-refractivity contribution in [2.24, 2.45) is 0 Å². The summed E-state index contributed by atoms with van der Waals surface area (Å²) in [6, 6.07) is 118. The van der Waals surface area contributed by atoms with Crippen molar-refractivity contribution in [3.05, 3.63) is 326 Å². The maximum absolute atomic E-state index is 2.69. The maximum Gasteiger partial charge on any atom is 0.252 e. The van der Waals surface area contributed by atoms with Crippen LogP contribution in [0, 0.1) is 0 Å². The summed E-state index contributed by atoms with van der Waals surface area (Å²) in [4.78, 5) is 5.36. The largest absolute Gasteiger partial charge is 0.311 e. The molecule has 1 aromatic heterocycles. The van der Waals surface area contributed by atoms with Crippen molar-refractivity contribution in [3.8, 4) is 61.3 Å². The molecule has 2 aliphatic heterocycles. The fourth-order valence-corrected chi connectivity index (χ4v) is 16.6. The van der Waals surface area contributed by atoms with E-state index in [1.54, 1.807) is 0 Å². The SMILES string of the molecule is CC(C)(C)c1ccc(N2c3cc(-c4c5ccccc5c(-c5ccc(-c6ccccc6)c6ccccc56)c5ccccc45)ccc3B3c4ccc(-n5c6ccccc6c6ccccc65)cc4N(c4ccc(C(C)(C)C)cc4-c4ccccc4)c4cc(C(C)(C)C)cc2c43)c(-c2ccccc2)c1. The standard InChI is InChI=1S/C96H78BN3/c1-94(2,3)65-46-53-85(79(56-65)62-31-15-11-16-32-62)99-87-55-64(91-74-39-21-23-41-76(74)92(77-42-24-22-40-75(77)91)78-50-49-69(61-29-13-10-14-30-61)70-35-19-20-36-71(70)78)45-51-81(87)97-82-52-48-68(98-83-43-27-25-37-72(83)73-38-26-28-44-84(73)98)60-88(82)100(90-59-67(96(7,8)9)58-89(99)93(90)97)86-54-47-66(95(4,5)6)57-80(86)63-33-17-12-18-34-63/h10-60H,1-9H3. The van der Waals surface area contributed by atoms with Gasteiger partial charge in [-0.2, -0.15) is 0 Å². The van der Waals surface area contributed by atoms with E-state index in [0.717, 1.165) is 28.4 Å². The van der Waals surface area contributed by atoms with E-state index in [4.69, 9.17) is 0 Å². The van der Waals surface area contributed by atoms with Gasteiger partial charge in [-0.15, -0.1) is 0 Å². The lowest BCUT2D eigenvalue weighted by molar-refractivity contribution is 0.590. The molecule has 0 atom stereocenters. The van der Waals surface area contributed by atoms with E-state index >= 15 is 0 Å². The fraction of sp³-hybridized carbons (Fsp3) is 0.125. The molecule has 3 heterocycles. The Morgan fingerprint density at radius 3 is 1.09 bits per heavy atom. The first kappa shape index (κ1) is 60.9. The van der Waals surface area contributed by atoms with E-state index in [1.165, 1.54) is 154 Å². The Morgan fingerprint density at radius 1 is 0.240 bits per heavy atom. The minimum atomic E-state index is -0.269. The number of para-hydroxylation sites is 2. The first-order valence-corrected chi connectivity index (χ1v) is 35.5. The Kier molecular flexibility index (Phi) is 14.1. The van der Waals surface area contributed by atoms with Crippen molar-refractivity contribution >= 4 is 111 Å². The van der Waals surface area contributed by atoms with Gasteiger partial charge in [0.15, 0.2) is 0 Å². The third kappa shape index (κ3) is 9.77. The van der Waals surface area contributed by atoms with E-state index in [-0.39, 0.29) is 23.0 Å². The van der Waals surface area contributed by atoms with Crippen LogP contribution in [0.15, 0.2) is 309 Å². The van der Waals surface area contributed by atoms with Crippen LogP contribution in [0.3, 0.4) is 0 Å². The molecule has 0 bridgehead atoms. The number of hydrogen-bond donors (Lipinski definition) is 0. The lowest BCUT2D eigenvalue weighted by Gasteiger charge is -2.46. The second kappa shape index (κ2) is 23.1. The van der Waals surface area contributed by atoms with Crippen LogP contribution in [0.25, 0.3) is 115 Å². The van der Waals surface area contributed by atoms with Crippen molar-refractivity contribution in [3.63, 3.8) is 0 Å². The molecule has 0 radical (unpaired) electrons. The van der Waals surface area contributed by atoms with E-state index in [9.17, 15) is 0 Å². The zero-order valence-corrected chi connectivity index (χ0v) is 58.4. The second-order valence-corrected chi connectivity index (χ2v) is 30.8. The Bertz CT molecular complexity index is 5870. The molecule has 16 aromatic rings. The minimum absolute atomic E-state index is 0.103. The highest BCUT2D eigenvalue weighted by molar-refractivity contribution is 7.00. The molecule has 0 unspecified atom stereocenters. The van der Waals surface area contributed by atoms with Crippen LogP contribution >= 0.6 is 0 Å². The average molecular weight is 1280 g/mol. The summed E-state index contributed by atoms with van der Waals surface area (Å²) in [5.41, 5.74) is 29.7. The highest BCUT2D eigenvalue weighted by Crippen LogP contribution is 2.54. The molecule has 4 heteroatoms. The van der Waals surface area contributed by atoms with Gasteiger partial charge in [0.05, 0.1) is 22.4 Å². The molecule has 0 N–H and O–H groups in total. The van der Waals surface area contributed by atoms with Crippen LogP contribution in [0.5, 0.6) is 0 Å². The van der Waals surface area contributed by atoms with Gasteiger partial charge in [-0.05, 0) is 193 Å². The lowest BCUT2D eigenvalue weighted by Crippen LogP contribution is -2.61. The van der Waals surface area contributed by atoms with E-state index in [2.05, 4.69) is 386 Å². The summed E-state index contributed by atoms with van der Waals surface area (Å²) in [5.74, 6) is 0. The van der Waals surface area contributed by atoms with E-state index in [1.807, 2.05) is 0 Å². The van der Waals surface area contributed by atoms with Crippen LogP contribution in [0.4, 0.5) is 34.1 Å². The van der Waals surface area contributed by atoms with Crippen LogP contribution in [-0.4, -0.2) is 11.3 Å². The first-order valence-electron chi connectivity index (χ1n) is 35.5. The van der Waals surface area contributed by atoms with Gasteiger partial charge in [-0.25, -0.2) is 0 Å². The molecule has 2 aliphatic rings.